The summed E-state index contributed by atoms with van der Waals surface area (Å²) in [4.78, 5) is 2.32. The Bertz CT molecular complexity index is 920. The predicted octanol–water partition coefficient (Wildman–Crippen LogP) is 3.80. The number of piperidine rings is 1. The minimum Gasteiger partial charge on any atom is -0.493 e. The van der Waals surface area contributed by atoms with Gasteiger partial charge in [0.15, 0.2) is 11.5 Å². The number of methoxy groups -OCH3 is 1. The van der Waals surface area contributed by atoms with Crippen LogP contribution in [0.3, 0.4) is 0 Å². The van der Waals surface area contributed by atoms with Crippen molar-refractivity contribution in [3.63, 3.8) is 0 Å². The molecule has 0 radical (unpaired) electrons. The molecule has 5 rings (SSSR count). The van der Waals surface area contributed by atoms with Gasteiger partial charge in [0.2, 0.25) is 5.72 Å². The Morgan fingerprint density at radius 2 is 1.89 bits per heavy atom. The molecule has 0 amide bonds. The summed E-state index contributed by atoms with van der Waals surface area (Å²) in [6, 6.07) is 12.8. The highest BCUT2D eigenvalue weighted by Gasteiger charge is 2.52. The van der Waals surface area contributed by atoms with Gasteiger partial charge in [-0.05, 0) is 30.8 Å². The van der Waals surface area contributed by atoms with Crippen molar-refractivity contribution in [2.75, 3.05) is 27.2 Å². The molecule has 0 unspecified atom stereocenters. The molecule has 3 aliphatic rings. The summed E-state index contributed by atoms with van der Waals surface area (Å²) in [6.07, 6.45) is 2.52. The first kappa shape index (κ1) is 17.5. The smallest absolute Gasteiger partial charge is 0.200 e. The van der Waals surface area contributed by atoms with Gasteiger partial charge in [-0.25, -0.2) is 9.40 Å². The maximum Gasteiger partial charge on any atom is 0.200 e. The molecule has 0 aliphatic carbocycles. The first-order valence-corrected chi connectivity index (χ1v) is 9.77. The minimum absolute atomic E-state index is 0.0994. The zero-order valence-electron chi connectivity index (χ0n) is 16.2. The Morgan fingerprint density at radius 3 is 2.61 bits per heavy atom. The number of rotatable bonds is 2. The third kappa shape index (κ3) is 2.66. The normalized spacial score (nSPS) is 23.0. The molecule has 146 valence electrons. The van der Waals surface area contributed by atoms with E-state index in [1.165, 1.54) is 12.1 Å². The van der Waals surface area contributed by atoms with Crippen LogP contribution in [-0.2, 0) is 0 Å². The van der Waals surface area contributed by atoms with E-state index in [0.29, 0.717) is 0 Å². The fraction of sp³-hybridized carbons (Fsp3) is 0.409. The Kier molecular flexibility index (Phi) is 4.05. The number of hydrogen-bond donors (Lipinski definition) is 0. The van der Waals surface area contributed by atoms with Crippen LogP contribution in [0.4, 0.5) is 4.39 Å². The molecule has 0 bridgehead atoms. The van der Waals surface area contributed by atoms with Gasteiger partial charge >= 0.3 is 0 Å². The molecule has 1 saturated heterocycles. The lowest BCUT2D eigenvalue weighted by atomic mass is 9.90. The van der Waals surface area contributed by atoms with Gasteiger partial charge in [0.05, 0.1) is 18.9 Å². The van der Waals surface area contributed by atoms with Crippen LogP contribution in [0, 0.1) is 5.82 Å². The topological polar surface area (TPSA) is 37.3 Å². The van der Waals surface area contributed by atoms with E-state index in [1.54, 1.807) is 19.2 Å². The van der Waals surface area contributed by atoms with E-state index in [1.807, 2.05) is 12.1 Å². The molecule has 3 heterocycles. The quantitative estimate of drug-likeness (QED) is 0.793. The van der Waals surface area contributed by atoms with Crippen LogP contribution in [0.15, 0.2) is 47.6 Å². The Hall–Kier alpha value is -2.60. The third-order valence-corrected chi connectivity index (χ3v) is 6.15. The molecule has 0 saturated carbocycles. The number of fused-ring (bicyclic) bond motifs is 4. The number of ether oxygens (including phenoxy) is 2. The second-order valence-electron chi connectivity index (χ2n) is 7.85. The van der Waals surface area contributed by atoms with Crippen LogP contribution in [0.25, 0.3) is 0 Å². The molecule has 2 aromatic carbocycles. The molecular formula is C22H24FN3O2. The maximum atomic E-state index is 13.4. The van der Waals surface area contributed by atoms with Crippen LogP contribution in [-0.4, -0.2) is 48.6 Å². The molecular weight excluding hydrogens is 357 g/mol. The second-order valence-corrected chi connectivity index (χ2v) is 7.85. The maximum absolute atomic E-state index is 13.4. The van der Waals surface area contributed by atoms with E-state index < -0.39 is 5.72 Å². The molecule has 1 atom stereocenters. The van der Waals surface area contributed by atoms with Crippen molar-refractivity contribution in [2.24, 2.45) is 5.10 Å². The molecule has 1 fully saturated rings. The van der Waals surface area contributed by atoms with Crippen LogP contribution in [0.1, 0.15) is 36.4 Å². The molecule has 0 N–H and O–H groups in total. The predicted molar refractivity (Wildman–Crippen MR) is 105 cm³/mol. The highest BCUT2D eigenvalue weighted by atomic mass is 19.1. The van der Waals surface area contributed by atoms with Gasteiger partial charge in [-0.3, -0.25) is 0 Å². The van der Waals surface area contributed by atoms with Crippen molar-refractivity contribution < 1.29 is 13.9 Å². The van der Waals surface area contributed by atoms with Crippen LogP contribution in [0.2, 0.25) is 0 Å². The molecule has 1 spiro atoms. The summed E-state index contributed by atoms with van der Waals surface area (Å²) in [7, 11) is 3.82. The molecule has 5 nitrogen and oxygen atoms in total. The van der Waals surface area contributed by atoms with Crippen molar-refractivity contribution >= 4 is 5.71 Å². The molecule has 3 aliphatic heterocycles. The number of hydrazone groups is 1. The fourth-order valence-electron chi connectivity index (χ4n) is 4.55. The first-order chi connectivity index (χ1) is 13.6. The number of likely N-dealkylation sites (tertiary alicyclic amines) is 1. The SMILES string of the molecule is COc1cccc2c1OC1(CCN(C)CC1)N1N=C(c3ccc(F)cc3)C[C@H]21. The van der Waals surface area contributed by atoms with Crippen LogP contribution >= 0.6 is 0 Å². The Balaban J connectivity index is 1.60. The van der Waals surface area contributed by atoms with Gasteiger partial charge in [0, 0.05) is 37.9 Å². The summed E-state index contributed by atoms with van der Waals surface area (Å²) < 4.78 is 25.6. The summed E-state index contributed by atoms with van der Waals surface area (Å²) in [5.74, 6) is 1.38. The summed E-state index contributed by atoms with van der Waals surface area (Å²) in [6.45, 7) is 1.91. The number of benzene rings is 2. The van der Waals surface area contributed by atoms with E-state index in [0.717, 1.165) is 60.7 Å². The zero-order valence-corrected chi connectivity index (χ0v) is 16.2. The lowest BCUT2D eigenvalue weighted by Crippen LogP contribution is -2.58. The number of hydrogen-bond acceptors (Lipinski definition) is 5. The fourth-order valence-corrected chi connectivity index (χ4v) is 4.55. The second kappa shape index (κ2) is 6.48. The van der Waals surface area contributed by atoms with E-state index in [-0.39, 0.29) is 11.9 Å². The first-order valence-electron chi connectivity index (χ1n) is 9.77. The lowest BCUT2D eigenvalue weighted by Gasteiger charge is -2.50. The molecule has 28 heavy (non-hydrogen) atoms. The average Bonchev–Trinajstić information content (AvgIpc) is 3.17. The monoisotopic (exact) mass is 381 g/mol. The molecule has 6 heteroatoms. The van der Waals surface area contributed by atoms with Crippen molar-refractivity contribution in [1.82, 2.24) is 9.91 Å². The minimum atomic E-state index is -0.472. The number of para-hydroxylation sites is 1. The summed E-state index contributed by atoms with van der Waals surface area (Å²) in [5, 5.41) is 7.18. The Labute approximate surface area is 164 Å². The van der Waals surface area contributed by atoms with Gasteiger partial charge in [0.1, 0.15) is 5.82 Å². The van der Waals surface area contributed by atoms with Crippen LogP contribution < -0.4 is 9.47 Å². The average molecular weight is 381 g/mol. The molecule has 2 aromatic rings. The van der Waals surface area contributed by atoms with E-state index in [9.17, 15) is 4.39 Å². The van der Waals surface area contributed by atoms with E-state index in [2.05, 4.69) is 23.0 Å². The number of halogens is 1. The zero-order chi connectivity index (χ0) is 19.3. The molecule has 0 aromatic heterocycles. The van der Waals surface area contributed by atoms with Gasteiger partial charge in [-0.1, -0.05) is 24.3 Å². The Morgan fingerprint density at radius 1 is 1.14 bits per heavy atom. The largest absolute Gasteiger partial charge is 0.493 e. The highest BCUT2D eigenvalue weighted by molar-refractivity contribution is 6.02. The summed E-state index contributed by atoms with van der Waals surface area (Å²) >= 11 is 0. The highest BCUT2D eigenvalue weighted by Crippen LogP contribution is 2.52. The van der Waals surface area contributed by atoms with Crippen molar-refractivity contribution in [3.05, 3.63) is 59.4 Å². The van der Waals surface area contributed by atoms with Gasteiger partial charge in [-0.2, -0.15) is 5.10 Å². The van der Waals surface area contributed by atoms with Gasteiger partial charge in [-0.15, -0.1) is 0 Å². The van der Waals surface area contributed by atoms with Crippen LogP contribution in [0.5, 0.6) is 11.5 Å². The summed E-state index contributed by atoms with van der Waals surface area (Å²) in [5.41, 5.74) is 2.57. The van der Waals surface area contributed by atoms with Crippen molar-refractivity contribution in [1.29, 1.82) is 0 Å². The van der Waals surface area contributed by atoms with Crippen molar-refractivity contribution in [2.45, 2.75) is 31.0 Å². The van der Waals surface area contributed by atoms with Crippen molar-refractivity contribution in [3.8, 4) is 11.5 Å². The lowest BCUT2D eigenvalue weighted by molar-refractivity contribution is -0.148. The third-order valence-electron chi connectivity index (χ3n) is 6.15. The number of nitrogens with zero attached hydrogens (tertiary/aromatic N) is 3. The standard InChI is InChI=1S/C22H24FN3O2/c1-25-12-10-22(11-13-25)26-19(17-4-3-5-20(27-2)21(17)28-22)14-18(24-26)15-6-8-16(23)9-7-15/h3-9,19H,10-14H2,1-2H3/t19-/m1/s1. The van der Waals surface area contributed by atoms with Gasteiger partial charge < -0.3 is 14.4 Å². The van der Waals surface area contributed by atoms with Gasteiger partial charge in [0.25, 0.3) is 0 Å². The van der Waals surface area contributed by atoms with E-state index in [4.69, 9.17) is 14.6 Å². The van der Waals surface area contributed by atoms with E-state index >= 15 is 0 Å².